The minimum atomic E-state index is -3.95. The number of hydrogen-bond acceptors (Lipinski definition) is 4. The van der Waals surface area contributed by atoms with Crippen LogP contribution in [0.15, 0.2) is 39.9 Å². The van der Waals surface area contributed by atoms with Crippen LogP contribution in [0.3, 0.4) is 0 Å². The topological polar surface area (TPSA) is 60.2 Å². The first-order valence-corrected chi connectivity index (χ1v) is 6.45. The largest absolute Gasteiger partial charge is 0.343 e. The Morgan fingerprint density at radius 3 is 2.62 bits per heavy atom. The first-order chi connectivity index (χ1) is 7.47. The van der Waals surface area contributed by atoms with Crippen LogP contribution >= 0.6 is 10.7 Å². The van der Waals surface area contributed by atoms with Crippen molar-refractivity contribution in [2.24, 2.45) is 0 Å². The van der Waals surface area contributed by atoms with Gasteiger partial charge in [-0.15, -0.1) is 0 Å². The van der Waals surface area contributed by atoms with Crippen LogP contribution in [0.1, 0.15) is 0 Å². The quantitative estimate of drug-likeness (QED) is 0.779. The molecule has 0 saturated carbocycles. The highest BCUT2D eigenvalue weighted by molar-refractivity contribution is 8.13. The maximum Gasteiger partial charge on any atom is 0.297 e. The molecule has 0 spiro atoms. The smallest absolute Gasteiger partial charge is 0.297 e. The molecule has 0 aliphatic carbocycles. The van der Waals surface area contributed by atoms with Gasteiger partial charge in [0.25, 0.3) is 14.1 Å². The fourth-order valence-corrected chi connectivity index (χ4v) is 1.75. The van der Waals surface area contributed by atoms with E-state index in [-0.39, 0.29) is 5.69 Å². The molecule has 7 heteroatoms. The predicted octanol–water partition coefficient (Wildman–Crippen LogP) is 2.41. The Kier molecular flexibility index (Phi) is 2.69. The Morgan fingerprint density at radius 1 is 1.31 bits per heavy atom. The van der Waals surface area contributed by atoms with Gasteiger partial charge in [-0.1, -0.05) is 17.3 Å². The number of hydrogen-bond donors (Lipinski definition) is 0. The van der Waals surface area contributed by atoms with Crippen LogP contribution in [0.25, 0.3) is 11.3 Å². The lowest BCUT2D eigenvalue weighted by molar-refractivity contribution is 0.343. The zero-order chi connectivity index (χ0) is 11.8. The zero-order valence-electron chi connectivity index (χ0n) is 7.72. The Bertz CT molecular complexity index is 623. The highest BCUT2D eigenvalue weighted by Crippen LogP contribution is 2.23. The van der Waals surface area contributed by atoms with Crippen LogP contribution < -0.4 is 0 Å². The van der Waals surface area contributed by atoms with E-state index >= 15 is 0 Å². The Hall–Kier alpha value is -1.40. The fourth-order valence-electron chi connectivity index (χ4n) is 1.16. The molecule has 0 aliphatic heterocycles. The maximum absolute atomic E-state index is 12.9. The van der Waals surface area contributed by atoms with Gasteiger partial charge in [-0.3, -0.25) is 0 Å². The third-order valence-electron chi connectivity index (χ3n) is 1.85. The zero-order valence-corrected chi connectivity index (χ0v) is 9.30. The van der Waals surface area contributed by atoms with Crippen molar-refractivity contribution in [1.82, 2.24) is 5.16 Å². The lowest BCUT2D eigenvalue weighted by Gasteiger charge is -1.93. The van der Waals surface area contributed by atoms with Crippen molar-refractivity contribution in [3.63, 3.8) is 0 Å². The first kappa shape index (κ1) is 11.1. The van der Waals surface area contributed by atoms with E-state index in [2.05, 4.69) is 9.68 Å². The molecule has 1 heterocycles. The van der Waals surface area contributed by atoms with Gasteiger partial charge < -0.3 is 4.52 Å². The van der Waals surface area contributed by atoms with Gasteiger partial charge in [-0.2, -0.15) is 0 Å². The summed E-state index contributed by atoms with van der Waals surface area (Å²) >= 11 is 0. The highest BCUT2D eigenvalue weighted by atomic mass is 35.7. The van der Waals surface area contributed by atoms with Gasteiger partial charge in [0, 0.05) is 22.3 Å². The van der Waals surface area contributed by atoms with Gasteiger partial charge in [-0.05, 0) is 12.1 Å². The summed E-state index contributed by atoms with van der Waals surface area (Å²) in [4.78, 5) is 0. The number of halogens is 2. The molecule has 0 radical (unpaired) electrons. The molecule has 4 nitrogen and oxygen atoms in total. The summed E-state index contributed by atoms with van der Waals surface area (Å²) in [5.41, 5.74) is 0.619. The standard InChI is InChI=1S/C9H5ClFNO3S/c10-16(13,14)9-5-8(12-15-9)6-2-1-3-7(11)4-6/h1-5H. The first-order valence-electron chi connectivity index (χ1n) is 4.14. The minimum absolute atomic E-state index is 0.207. The molecule has 0 bridgehead atoms. The molecule has 0 unspecified atom stereocenters. The Labute approximate surface area is 95.1 Å². The molecule has 0 saturated heterocycles. The third kappa shape index (κ3) is 2.23. The molecule has 0 N–H and O–H groups in total. The lowest BCUT2D eigenvalue weighted by Crippen LogP contribution is -1.85. The van der Waals surface area contributed by atoms with E-state index in [9.17, 15) is 12.8 Å². The van der Waals surface area contributed by atoms with Gasteiger partial charge >= 0.3 is 0 Å². The van der Waals surface area contributed by atoms with E-state index in [0.29, 0.717) is 5.56 Å². The molecule has 2 rings (SSSR count). The van der Waals surface area contributed by atoms with E-state index in [1.54, 1.807) is 6.07 Å². The number of benzene rings is 1. The summed E-state index contributed by atoms with van der Waals surface area (Å²) in [6.45, 7) is 0. The summed E-state index contributed by atoms with van der Waals surface area (Å²) in [5.74, 6) is -0.448. The molecular formula is C9H5ClFNO3S. The van der Waals surface area contributed by atoms with Crippen molar-refractivity contribution in [1.29, 1.82) is 0 Å². The molecule has 0 fully saturated rings. The molecule has 84 valence electrons. The van der Waals surface area contributed by atoms with Crippen LogP contribution in [0.5, 0.6) is 0 Å². The fraction of sp³-hybridized carbons (Fsp3) is 0. The SMILES string of the molecule is O=S(=O)(Cl)c1cc(-c2cccc(F)c2)no1. The molecule has 0 amide bonds. The van der Waals surface area contributed by atoms with Crippen LogP contribution in [-0.4, -0.2) is 13.6 Å². The molecule has 16 heavy (non-hydrogen) atoms. The van der Waals surface area contributed by atoms with E-state index in [0.717, 1.165) is 6.07 Å². The molecule has 2 aromatic rings. The summed E-state index contributed by atoms with van der Waals surface area (Å²) in [5, 5.41) is 3.02. The van der Waals surface area contributed by atoms with E-state index in [1.807, 2.05) is 0 Å². The van der Waals surface area contributed by atoms with Crippen molar-refractivity contribution in [3.8, 4) is 11.3 Å². The second-order valence-electron chi connectivity index (χ2n) is 2.98. The van der Waals surface area contributed by atoms with Gasteiger partial charge in [0.1, 0.15) is 11.5 Å². The van der Waals surface area contributed by atoms with Crippen LogP contribution in [-0.2, 0) is 9.05 Å². The molecule has 0 aliphatic rings. The highest BCUT2D eigenvalue weighted by Gasteiger charge is 2.17. The van der Waals surface area contributed by atoms with E-state index in [4.69, 9.17) is 10.7 Å². The monoisotopic (exact) mass is 261 g/mol. The van der Waals surface area contributed by atoms with Crippen LogP contribution in [0.2, 0.25) is 0 Å². The van der Waals surface area contributed by atoms with Gasteiger partial charge in [-0.25, -0.2) is 12.8 Å². The van der Waals surface area contributed by atoms with Gasteiger partial charge in [0.2, 0.25) is 0 Å². The summed E-state index contributed by atoms with van der Waals surface area (Å²) in [6.07, 6.45) is 0. The average molecular weight is 262 g/mol. The Morgan fingerprint density at radius 2 is 2.06 bits per heavy atom. The number of aromatic nitrogens is 1. The van der Waals surface area contributed by atoms with Crippen molar-refractivity contribution < 1.29 is 17.3 Å². The normalized spacial score (nSPS) is 11.6. The maximum atomic E-state index is 12.9. The summed E-state index contributed by atoms with van der Waals surface area (Å²) in [7, 11) is 1.10. The predicted molar refractivity (Wildman–Crippen MR) is 54.9 cm³/mol. The molecule has 1 aromatic heterocycles. The third-order valence-corrected chi connectivity index (χ3v) is 2.98. The second kappa shape index (κ2) is 3.88. The lowest BCUT2D eigenvalue weighted by atomic mass is 10.1. The number of nitrogens with zero attached hydrogens (tertiary/aromatic N) is 1. The summed E-state index contributed by atoms with van der Waals surface area (Å²) < 4.78 is 39.2. The van der Waals surface area contributed by atoms with Crippen LogP contribution in [0.4, 0.5) is 4.39 Å². The number of rotatable bonds is 2. The van der Waals surface area contributed by atoms with E-state index < -0.39 is 20.0 Å². The summed E-state index contributed by atoms with van der Waals surface area (Å²) in [6, 6.07) is 6.67. The Balaban J connectivity index is 2.47. The van der Waals surface area contributed by atoms with Crippen molar-refractivity contribution >= 4 is 19.7 Å². The minimum Gasteiger partial charge on any atom is -0.343 e. The molecular weight excluding hydrogens is 257 g/mol. The van der Waals surface area contributed by atoms with Gasteiger partial charge in [0.05, 0.1) is 0 Å². The van der Waals surface area contributed by atoms with Crippen molar-refractivity contribution in [3.05, 3.63) is 36.1 Å². The van der Waals surface area contributed by atoms with Crippen molar-refractivity contribution in [2.75, 3.05) is 0 Å². The second-order valence-corrected chi connectivity index (χ2v) is 5.48. The average Bonchev–Trinajstić information content (AvgIpc) is 2.65. The van der Waals surface area contributed by atoms with Crippen molar-refractivity contribution in [2.45, 2.75) is 5.09 Å². The van der Waals surface area contributed by atoms with E-state index in [1.165, 1.54) is 18.2 Å². The molecule has 0 atom stereocenters. The van der Waals surface area contributed by atoms with Gasteiger partial charge in [0.15, 0.2) is 0 Å². The molecule has 1 aromatic carbocycles. The van der Waals surface area contributed by atoms with Crippen LogP contribution in [0, 0.1) is 5.82 Å².